The van der Waals surface area contributed by atoms with E-state index in [1.165, 1.54) is 45.5 Å². The smallest absolute Gasteiger partial charge is 0.262 e. The number of nitrogens with zero attached hydrogens (tertiary/aromatic N) is 1. The van der Waals surface area contributed by atoms with Crippen LogP contribution >= 0.6 is 11.6 Å². The van der Waals surface area contributed by atoms with E-state index in [0.717, 1.165) is 4.31 Å². The Bertz CT molecular complexity index is 883. The van der Waals surface area contributed by atoms with Crippen LogP contribution in [-0.4, -0.2) is 46.4 Å². The van der Waals surface area contributed by atoms with E-state index in [4.69, 9.17) is 21.1 Å². The summed E-state index contributed by atoms with van der Waals surface area (Å²) in [5.74, 6) is 0.437. The second-order valence-electron chi connectivity index (χ2n) is 5.44. The molecule has 0 aliphatic carbocycles. The molecule has 0 aromatic heterocycles. The van der Waals surface area contributed by atoms with Crippen LogP contribution in [0.25, 0.3) is 0 Å². The van der Waals surface area contributed by atoms with Crippen molar-refractivity contribution in [3.8, 4) is 11.5 Å². The molecule has 0 bridgehead atoms. The Morgan fingerprint density at radius 1 is 1.15 bits per heavy atom. The summed E-state index contributed by atoms with van der Waals surface area (Å²) in [4.78, 5) is 12.2. The van der Waals surface area contributed by atoms with Gasteiger partial charge in [0, 0.05) is 19.1 Å². The maximum absolute atomic E-state index is 12.0. The van der Waals surface area contributed by atoms with Crippen molar-refractivity contribution < 1.29 is 22.7 Å². The predicted molar refractivity (Wildman–Crippen MR) is 99.4 cm³/mol. The Labute approximate surface area is 157 Å². The number of amides is 1. The fourth-order valence-corrected chi connectivity index (χ4v) is 3.11. The summed E-state index contributed by atoms with van der Waals surface area (Å²) in [5, 5.41) is 3.11. The zero-order valence-electron chi connectivity index (χ0n) is 14.5. The summed E-state index contributed by atoms with van der Waals surface area (Å²) < 4.78 is 35.6. The van der Waals surface area contributed by atoms with Gasteiger partial charge in [-0.05, 0) is 42.5 Å². The fourth-order valence-electron chi connectivity index (χ4n) is 2.03. The quantitative estimate of drug-likeness (QED) is 0.774. The van der Waals surface area contributed by atoms with Gasteiger partial charge in [0.2, 0.25) is 10.0 Å². The highest BCUT2D eigenvalue weighted by atomic mass is 35.5. The van der Waals surface area contributed by atoms with Crippen molar-refractivity contribution in [3.05, 3.63) is 47.5 Å². The first-order chi connectivity index (χ1) is 12.2. The van der Waals surface area contributed by atoms with Gasteiger partial charge >= 0.3 is 0 Å². The Kier molecular flexibility index (Phi) is 6.47. The number of anilines is 1. The first kappa shape index (κ1) is 20.0. The molecule has 0 saturated heterocycles. The van der Waals surface area contributed by atoms with E-state index >= 15 is 0 Å². The standard InChI is InChI=1S/C17H19ClN2O5S/c1-20(2)26(22,23)14-7-5-13(6-8-14)25-11-17(21)19-15-10-12(18)4-9-16(15)24-3/h4-10H,11H2,1-3H3,(H,19,21). The molecule has 0 heterocycles. The van der Waals surface area contributed by atoms with Crippen molar-refractivity contribution in [3.63, 3.8) is 0 Å². The van der Waals surface area contributed by atoms with Gasteiger partial charge in [0.15, 0.2) is 6.61 Å². The van der Waals surface area contributed by atoms with E-state index in [1.807, 2.05) is 0 Å². The van der Waals surface area contributed by atoms with Gasteiger partial charge in [-0.3, -0.25) is 4.79 Å². The number of halogens is 1. The van der Waals surface area contributed by atoms with Crippen molar-refractivity contribution in [1.82, 2.24) is 4.31 Å². The topological polar surface area (TPSA) is 84.9 Å². The minimum Gasteiger partial charge on any atom is -0.495 e. The number of hydrogen-bond donors (Lipinski definition) is 1. The maximum Gasteiger partial charge on any atom is 0.262 e. The summed E-state index contributed by atoms with van der Waals surface area (Å²) in [5.41, 5.74) is 0.432. The average Bonchev–Trinajstić information content (AvgIpc) is 2.60. The highest BCUT2D eigenvalue weighted by molar-refractivity contribution is 7.89. The molecule has 2 aromatic rings. The molecular weight excluding hydrogens is 380 g/mol. The van der Waals surface area contributed by atoms with Crippen LogP contribution in [0.15, 0.2) is 47.4 Å². The SMILES string of the molecule is COc1ccc(Cl)cc1NC(=O)COc1ccc(S(=O)(=O)N(C)C)cc1. The van der Waals surface area contributed by atoms with Gasteiger partial charge < -0.3 is 14.8 Å². The molecule has 0 aliphatic rings. The summed E-state index contributed by atoms with van der Waals surface area (Å²) >= 11 is 5.91. The number of hydrogen-bond acceptors (Lipinski definition) is 5. The van der Waals surface area contributed by atoms with E-state index in [0.29, 0.717) is 22.2 Å². The van der Waals surface area contributed by atoms with Crippen LogP contribution in [0.1, 0.15) is 0 Å². The van der Waals surface area contributed by atoms with Gasteiger partial charge in [-0.2, -0.15) is 0 Å². The number of nitrogens with one attached hydrogen (secondary N) is 1. The number of sulfonamides is 1. The zero-order chi connectivity index (χ0) is 19.3. The molecule has 26 heavy (non-hydrogen) atoms. The summed E-state index contributed by atoms with van der Waals surface area (Å²) in [7, 11) is 0.885. The van der Waals surface area contributed by atoms with Crippen LogP contribution in [0.4, 0.5) is 5.69 Å². The Balaban J connectivity index is 1.99. The van der Waals surface area contributed by atoms with E-state index in [9.17, 15) is 13.2 Å². The van der Waals surface area contributed by atoms with E-state index < -0.39 is 15.9 Å². The summed E-state index contributed by atoms with van der Waals surface area (Å²) in [6.07, 6.45) is 0. The van der Waals surface area contributed by atoms with Crippen LogP contribution in [0.2, 0.25) is 5.02 Å². The fraction of sp³-hybridized carbons (Fsp3) is 0.235. The molecule has 0 atom stereocenters. The van der Waals surface area contributed by atoms with Gasteiger partial charge in [-0.15, -0.1) is 0 Å². The number of benzene rings is 2. The summed E-state index contributed by atoms with van der Waals surface area (Å²) in [6.45, 7) is -0.255. The molecule has 7 nitrogen and oxygen atoms in total. The first-order valence-electron chi connectivity index (χ1n) is 7.53. The highest BCUT2D eigenvalue weighted by Crippen LogP contribution is 2.27. The predicted octanol–water partition coefficient (Wildman–Crippen LogP) is 2.62. The maximum atomic E-state index is 12.0. The molecule has 1 amide bonds. The molecule has 140 valence electrons. The van der Waals surface area contributed by atoms with Gasteiger partial charge in [0.25, 0.3) is 5.91 Å². The molecule has 0 saturated carbocycles. The van der Waals surface area contributed by atoms with Crippen molar-refractivity contribution in [2.24, 2.45) is 0 Å². The largest absolute Gasteiger partial charge is 0.495 e. The Morgan fingerprint density at radius 3 is 2.38 bits per heavy atom. The molecule has 0 unspecified atom stereocenters. The monoisotopic (exact) mass is 398 g/mol. The molecule has 0 spiro atoms. The number of methoxy groups -OCH3 is 1. The molecule has 9 heteroatoms. The lowest BCUT2D eigenvalue weighted by Crippen LogP contribution is -2.22. The second-order valence-corrected chi connectivity index (χ2v) is 8.03. The third-order valence-corrected chi connectivity index (χ3v) is 5.47. The molecule has 2 aromatic carbocycles. The van der Waals surface area contributed by atoms with Crippen molar-refractivity contribution in [1.29, 1.82) is 0 Å². The lowest BCUT2D eigenvalue weighted by Gasteiger charge is -2.13. The molecular formula is C17H19ClN2O5S. The summed E-state index contributed by atoms with van der Waals surface area (Å²) in [6, 6.07) is 10.7. The number of carbonyl (C=O) groups excluding carboxylic acids is 1. The third-order valence-electron chi connectivity index (χ3n) is 3.41. The molecule has 1 N–H and O–H groups in total. The molecule has 2 rings (SSSR count). The zero-order valence-corrected chi connectivity index (χ0v) is 16.1. The van der Waals surface area contributed by atoms with Gasteiger partial charge in [-0.1, -0.05) is 11.6 Å². The average molecular weight is 399 g/mol. The normalized spacial score (nSPS) is 11.3. The van der Waals surface area contributed by atoms with Gasteiger partial charge in [0.05, 0.1) is 17.7 Å². The third kappa shape index (κ3) is 4.87. The molecule has 0 aliphatic heterocycles. The minimum absolute atomic E-state index is 0.142. The Hall–Kier alpha value is -2.29. The van der Waals surface area contributed by atoms with Crippen molar-refractivity contribution >= 4 is 33.2 Å². The van der Waals surface area contributed by atoms with E-state index in [2.05, 4.69) is 5.32 Å². The van der Waals surface area contributed by atoms with Gasteiger partial charge in [0.1, 0.15) is 11.5 Å². The van der Waals surface area contributed by atoms with Crippen LogP contribution < -0.4 is 14.8 Å². The van der Waals surface area contributed by atoms with Crippen LogP contribution in [0.3, 0.4) is 0 Å². The molecule has 0 fully saturated rings. The second kappa shape index (κ2) is 8.39. The molecule has 0 radical (unpaired) electrons. The van der Waals surface area contributed by atoms with Crippen molar-refractivity contribution in [2.45, 2.75) is 4.90 Å². The van der Waals surface area contributed by atoms with Crippen LogP contribution in [0.5, 0.6) is 11.5 Å². The van der Waals surface area contributed by atoms with E-state index in [-0.39, 0.29) is 11.5 Å². The van der Waals surface area contributed by atoms with Crippen LogP contribution in [0, 0.1) is 0 Å². The lowest BCUT2D eigenvalue weighted by atomic mass is 10.3. The lowest BCUT2D eigenvalue weighted by molar-refractivity contribution is -0.118. The van der Waals surface area contributed by atoms with Crippen molar-refractivity contribution in [2.75, 3.05) is 33.1 Å². The van der Waals surface area contributed by atoms with Gasteiger partial charge in [-0.25, -0.2) is 12.7 Å². The van der Waals surface area contributed by atoms with E-state index in [1.54, 1.807) is 18.2 Å². The highest BCUT2D eigenvalue weighted by Gasteiger charge is 2.17. The van der Waals surface area contributed by atoms with Crippen LogP contribution in [-0.2, 0) is 14.8 Å². The number of rotatable bonds is 7. The Morgan fingerprint density at radius 2 is 1.81 bits per heavy atom. The minimum atomic E-state index is -3.51. The number of ether oxygens (including phenoxy) is 2. The first-order valence-corrected chi connectivity index (χ1v) is 9.34. The number of carbonyl (C=O) groups is 1.